The zero-order valence-corrected chi connectivity index (χ0v) is 12.5. The smallest absolute Gasteiger partial charge is 0.416 e. The monoisotopic (exact) mass is 323 g/mol. The van der Waals surface area contributed by atoms with Crippen LogP contribution in [0.2, 0.25) is 5.02 Å². The molecular formula is C14H17ClF3NO2. The number of hydrogen-bond donors (Lipinski definition) is 1. The Hall–Kier alpha value is -1.43. The summed E-state index contributed by atoms with van der Waals surface area (Å²) in [6.45, 7) is 3.82. The van der Waals surface area contributed by atoms with Gasteiger partial charge in [0.15, 0.2) is 0 Å². The molecule has 3 nitrogen and oxygen atoms in total. The van der Waals surface area contributed by atoms with Gasteiger partial charge in [0, 0.05) is 0 Å². The first-order valence-corrected chi connectivity index (χ1v) is 6.97. The van der Waals surface area contributed by atoms with Gasteiger partial charge in [-0.15, -0.1) is 0 Å². The molecule has 1 unspecified atom stereocenters. The van der Waals surface area contributed by atoms with Crippen LogP contribution in [0.5, 0.6) is 0 Å². The Morgan fingerprint density at radius 1 is 1.38 bits per heavy atom. The summed E-state index contributed by atoms with van der Waals surface area (Å²) in [5.41, 5.74) is -0.558. The van der Waals surface area contributed by atoms with Crippen LogP contribution in [0.15, 0.2) is 18.2 Å². The molecular weight excluding hydrogens is 307 g/mol. The number of hydrogen-bond acceptors (Lipinski definition) is 3. The Bertz CT molecular complexity index is 492. The van der Waals surface area contributed by atoms with Gasteiger partial charge < -0.3 is 10.1 Å². The van der Waals surface area contributed by atoms with Crippen molar-refractivity contribution in [3.05, 3.63) is 28.8 Å². The fraction of sp³-hybridized carbons (Fsp3) is 0.500. The Morgan fingerprint density at radius 3 is 2.52 bits per heavy atom. The maximum atomic E-state index is 12.6. The number of nitrogens with one attached hydrogen (secondary N) is 1. The SMILES string of the molecule is CCCC(Nc1ccc(C(F)(F)F)cc1Cl)C(=O)OCC. The Kier molecular flexibility index (Phi) is 6.33. The van der Waals surface area contributed by atoms with Crippen molar-refractivity contribution >= 4 is 23.3 Å². The number of anilines is 1. The molecule has 0 saturated heterocycles. The van der Waals surface area contributed by atoms with Crippen LogP contribution in [0.3, 0.4) is 0 Å². The zero-order valence-electron chi connectivity index (χ0n) is 11.8. The molecule has 0 aliphatic carbocycles. The molecule has 0 radical (unpaired) electrons. The van der Waals surface area contributed by atoms with E-state index in [4.69, 9.17) is 16.3 Å². The van der Waals surface area contributed by atoms with E-state index in [2.05, 4.69) is 5.32 Å². The lowest BCUT2D eigenvalue weighted by atomic mass is 10.1. The fourth-order valence-electron chi connectivity index (χ4n) is 1.78. The number of halogens is 4. The highest BCUT2D eigenvalue weighted by Crippen LogP contribution is 2.34. The third-order valence-electron chi connectivity index (χ3n) is 2.77. The van der Waals surface area contributed by atoms with Crippen molar-refractivity contribution < 1.29 is 22.7 Å². The van der Waals surface area contributed by atoms with Gasteiger partial charge in [-0.05, 0) is 31.5 Å². The summed E-state index contributed by atoms with van der Waals surface area (Å²) in [6.07, 6.45) is -3.24. The maximum Gasteiger partial charge on any atom is 0.416 e. The number of ether oxygens (including phenoxy) is 1. The molecule has 1 rings (SSSR count). The average Bonchev–Trinajstić information content (AvgIpc) is 2.39. The number of esters is 1. The van der Waals surface area contributed by atoms with Crippen LogP contribution in [0.1, 0.15) is 32.3 Å². The summed E-state index contributed by atoms with van der Waals surface area (Å²) in [7, 11) is 0. The lowest BCUT2D eigenvalue weighted by Gasteiger charge is -2.19. The molecule has 0 bridgehead atoms. The lowest BCUT2D eigenvalue weighted by molar-refractivity contribution is -0.144. The van der Waals surface area contributed by atoms with E-state index < -0.39 is 23.8 Å². The van der Waals surface area contributed by atoms with E-state index in [1.807, 2.05) is 6.92 Å². The van der Waals surface area contributed by atoms with Crippen LogP contribution in [0, 0.1) is 0 Å². The normalized spacial score (nSPS) is 12.9. The lowest BCUT2D eigenvalue weighted by Crippen LogP contribution is -2.31. The second-order valence-electron chi connectivity index (χ2n) is 4.43. The number of benzene rings is 1. The van der Waals surface area contributed by atoms with Crippen LogP contribution in [0.4, 0.5) is 18.9 Å². The Morgan fingerprint density at radius 2 is 2.05 bits per heavy atom. The van der Waals surface area contributed by atoms with Crippen LogP contribution >= 0.6 is 11.6 Å². The predicted octanol–water partition coefficient (Wildman–Crippen LogP) is 4.50. The molecule has 0 heterocycles. The Labute approximate surface area is 126 Å². The molecule has 0 saturated carbocycles. The average molecular weight is 324 g/mol. The number of carbonyl (C=O) groups is 1. The van der Waals surface area contributed by atoms with Crippen molar-refractivity contribution in [1.29, 1.82) is 0 Å². The highest BCUT2D eigenvalue weighted by molar-refractivity contribution is 6.33. The van der Waals surface area contributed by atoms with E-state index in [-0.39, 0.29) is 17.3 Å². The minimum atomic E-state index is -4.45. The number of alkyl halides is 3. The van der Waals surface area contributed by atoms with Gasteiger partial charge >= 0.3 is 12.1 Å². The minimum absolute atomic E-state index is 0.0878. The molecule has 118 valence electrons. The van der Waals surface area contributed by atoms with Gasteiger partial charge in [0.2, 0.25) is 0 Å². The highest BCUT2D eigenvalue weighted by atomic mass is 35.5. The van der Waals surface area contributed by atoms with Gasteiger partial charge in [0.05, 0.1) is 22.9 Å². The molecule has 1 atom stereocenters. The third-order valence-corrected chi connectivity index (χ3v) is 3.09. The van der Waals surface area contributed by atoms with Crippen molar-refractivity contribution in [3.8, 4) is 0 Å². The molecule has 1 aromatic rings. The molecule has 21 heavy (non-hydrogen) atoms. The standard InChI is InChI=1S/C14H17ClF3NO2/c1-3-5-12(13(20)21-4-2)19-11-7-6-9(8-10(11)15)14(16,17)18/h6-8,12,19H,3-5H2,1-2H3. The topological polar surface area (TPSA) is 38.3 Å². The van der Waals surface area contributed by atoms with Gasteiger partial charge in [-0.3, -0.25) is 0 Å². The van der Waals surface area contributed by atoms with Gasteiger partial charge in [-0.25, -0.2) is 4.79 Å². The third kappa shape index (κ3) is 5.12. The minimum Gasteiger partial charge on any atom is -0.464 e. The highest BCUT2D eigenvalue weighted by Gasteiger charge is 2.31. The van der Waals surface area contributed by atoms with E-state index >= 15 is 0 Å². The fourth-order valence-corrected chi connectivity index (χ4v) is 2.01. The van der Waals surface area contributed by atoms with Crippen molar-refractivity contribution in [2.24, 2.45) is 0 Å². The quantitative estimate of drug-likeness (QED) is 0.783. The van der Waals surface area contributed by atoms with Crippen LogP contribution < -0.4 is 5.32 Å². The summed E-state index contributed by atoms with van der Waals surface area (Å²) in [5.74, 6) is -0.449. The van der Waals surface area contributed by atoms with Crippen LogP contribution in [-0.4, -0.2) is 18.6 Å². The first kappa shape index (κ1) is 17.6. The number of carbonyl (C=O) groups excluding carboxylic acids is 1. The van der Waals surface area contributed by atoms with E-state index in [1.165, 1.54) is 6.07 Å². The molecule has 1 aromatic carbocycles. The van der Waals surface area contributed by atoms with Crippen molar-refractivity contribution in [1.82, 2.24) is 0 Å². The summed E-state index contributed by atoms with van der Waals surface area (Å²) >= 11 is 5.85. The van der Waals surface area contributed by atoms with Crippen LogP contribution in [0.25, 0.3) is 0 Å². The molecule has 0 aromatic heterocycles. The first-order chi connectivity index (χ1) is 9.79. The summed E-state index contributed by atoms with van der Waals surface area (Å²) in [6, 6.07) is 2.33. The second kappa shape index (κ2) is 7.54. The molecule has 0 fully saturated rings. The zero-order chi connectivity index (χ0) is 16.0. The first-order valence-electron chi connectivity index (χ1n) is 6.59. The number of rotatable bonds is 6. The molecule has 7 heteroatoms. The van der Waals surface area contributed by atoms with E-state index in [0.29, 0.717) is 12.8 Å². The van der Waals surface area contributed by atoms with E-state index in [0.717, 1.165) is 12.1 Å². The van der Waals surface area contributed by atoms with E-state index in [9.17, 15) is 18.0 Å². The van der Waals surface area contributed by atoms with Crippen molar-refractivity contribution in [3.63, 3.8) is 0 Å². The molecule has 0 amide bonds. The van der Waals surface area contributed by atoms with Gasteiger partial charge in [0.25, 0.3) is 0 Å². The van der Waals surface area contributed by atoms with Crippen molar-refractivity contribution in [2.75, 3.05) is 11.9 Å². The summed E-state index contributed by atoms with van der Waals surface area (Å²) in [4.78, 5) is 11.8. The van der Waals surface area contributed by atoms with Gasteiger partial charge in [0.1, 0.15) is 6.04 Å². The van der Waals surface area contributed by atoms with Gasteiger partial charge in [-0.1, -0.05) is 24.9 Å². The Balaban J connectivity index is 2.92. The largest absolute Gasteiger partial charge is 0.464 e. The molecule has 0 aliphatic heterocycles. The second-order valence-corrected chi connectivity index (χ2v) is 4.84. The maximum absolute atomic E-state index is 12.6. The predicted molar refractivity (Wildman–Crippen MR) is 75.4 cm³/mol. The van der Waals surface area contributed by atoms with Gasteiger partial charge in [-0.2, -0.15) is 13.2 Å². The van der Waals surface area contributed by atoms with E-state index in [1.54, 1.807) is 6.92 Å². The summed E-state index contributed by atoms with van der Waals surface area (Å²) in [5, 5.41) is 2.75. The van der Waals surface area contributed by atoms with Crippen molar-refractivity contribution in [2.45, 2.75) is 38.9 Å². The van der Waals surface area contributed by atoms with Crippen LogP contribution in [-0.2, 0) is 15.7 Å². The molecule has 1 N–H and O–H groups in total. The summed E-state index contributed by atoms with van der Waals surface area (Å²) < 4.78 is 42.6. The molecule has 0 aliphatic rings. The molecule has 0 spiro atoms.